The van der Waals surface area contributed by atoms with Gasteiger partial charge in [-0.1, -0.05) is 29.8 Å². The van der Waals surface area contributed by atoms with Gasteiger partial charge >= 0.3 is 0 Å². The van der Waals surface area contributed by atoms with Crippen LogP contribution in [0.3, 0.4) is 0 Å². The topological polar surface area (TPSA) is 52.9 Å². The largest absolute Gasteiger partial charge is 0.385 e. The second-order valence-electron chi connectivity index (χ2n) is 4.66. The number of hydrogen-bond donors (Lipinski definition) is 1. The first-order valence-corrected chi connectivity index (χ1v) is 6.53. The van der Waals surface area contributed by atoms with E-state index in [-0.39, 0.29) is 5.78 Å². The number of hydrogen-bond acceptors (Lipinski definition) is 3. The average molecular weight is 264 g/mol. The van der Waals surface area contributed by atoms with Crippen molar-refractivity contribution in [2.75, 3.05) is 11.9 Å². The molecule has 1 N–H and O–H groups in total. The predicted octanol–water partition coefficient (Wildman–Crippen LogP) is 3.55. The fourth-order valence-corrected chi connectivity index (χ4v) is 1.87. The molecule has 2 aromatic rings. The minimum Gasteiger partial charge on any atom is -0.385 e. The summed E-state index contributed by atoms with van der Waals surface area (Å²) < 4.78 is 0. The van der Waals surface area contributed by atoms with Gasteiger partial charge in [0.2, 0.25) is 0 Å². The maximum Gasteiger partial charge on any atom is 0.164 e. The quantitative estimate of drug-likeness (QED) is 0.840. The molecule has 0 aliphatic heterocycles. The van der Waals surface area contributed by atoms with Gasteiger partial charge in [0.1, 0.15) is 0 Å². The molecule has 0 fully saturated rings. The fraction of sp³-hybridized carbons (Fsp3) is 0.176. The summed E-state index contributed by atoms with van der Waals surface area (Å²) in [7, 11) is 0. The molecule has 0 bridgehead atoms. The molecule has 0 heterocycles. The summed E-state index contributed by atoms with van der Waals surface area (Å²) in [4.78, 5) is 12.0. The van der Waals surface area contributed by atoms with E-state index in [2.05, 4.69) is 11.4 Å². The molecule has 0 aliphatic carbocycles. The third-order valence-corrected chi connectivity index (χ3v) is 3.07. The van der Waals surface area contributed by atoms with Crippen LogP contribution in [0.2, 0.25) is 0 Å². The predicted molar refractivity (Wildman–Crippen MR) is 79.8 cm³/mol. The Morgan fingerprint density at radius 1 is 1.10 bits per heavy atom. The lowest BCUT2D eigenvalue weighted by Crippen LogP contribution is -2.08. The number of carbonyl (C=O) groups is 1. The SMILES string of the molecule is Cc1ccc(C(=O)CCNc2ccc(C#N)cc2)cc1. The minimum atomic E-state index is 0.131. The first-order valence-electron chi connectivity index (χ1n) is 6.53. The van der Waals surface area contributed by atoms with Crippen molar-refractivity contribution < 1.29 is 4.79 Å². The van der Waals surface area contributed by atoms with Crippen molar-refractivity contribution in [3.63, 3.8) is 0 Å². The van der Waals surface area contributed by atoms with Crippen LogP contribution >= 0.6 is 0 Å². The van der Waals surface area contributed by atoms with Crippen LogP contribution in [0.4, 0.5) is 5.69 Å². The lowest BCUT2D eigenvalue weighted by molar-refractivity contribution is 0.0986. The molecule has 2 rings (SSSR count). The van der Waals surface area contributed by atoms with E-state index in [4.69, 9.17) is 5.26 Å². The van der Waals surface area contributed by atoms with Crippen molar-refractivity contribution in [1.82, 2.24) is 0 Å². The number of Topliss-reactive ketones (excluding diaryl/α,β-unsaturated/α-hetero) is 1. The molecule has 3 nitrogen and oxygen atoms in total. The number of nitrogens with one attached hydrogen (secondary N) is 1. The molecular formula is C17H16N2O. The average Bonchev–Trinajstić information content (AvgIpc) is 2.48. The monoisotopic (exact) mass is 264 g/mol. The van der Waals surface area contributed by atoms with Crippen LogP contribution in [0.5, 0.6) is 0 Å². The highest BCUT2D eigenvalue weighted by atomic mass is 16.1. The number of nitrogens with zero attached hydrogens (tertiary/aromatic N) is 1. The molecule has 0 saturated heterocycles. The highest BCUT2D eigenvalue weighted by molar-refractivity contribution is 5.96. The molecule has 0 saturated carbocycles. The van der Waals surface area contributed by atoms with Gasteiger partial charge in [-0.05, 0) is 31.2 Å². The second-order valence-corrected chi connectivity index (χ2v) is 4.66. The molecule has 20 heavy (non-hydrogen) atoms. The highest BCUT2D eigenvalue weighted by Gasteiger charge is 2.04. The van der Waals surface area contributed by atoms with Crippen molar-refractivity contribution in [2.45, 2.75) is 13.3 Å². The Morgan fingerprint density at radius 2 is 1.75 bits per heavy atom. The Bertz CT molecular complexity index is 622. The number of benzene rings is 2. The van der Waals surface area contributed by atoms with Crippen LogP contribution in [0.25, 0.3) is 0 Å². The molecule has 0 spiro atoms. The van der Waals surface area contributed by atoms with Crippen LogP contribution in [0, 0.1) is 18.3 Å². The summed E-state index contributed by atoms with van der Waals surface area (Å²) in [5.74, 6) is 0.131. The Morgan fingerprint density at radius 3 is 2.35 bits per heavy atom. The van der Waals surface area contributed by atoms with Gasteiger partial charge in [0.05, 0.1) is 11.6 Å². The number of aryl methyl sites for hydroxylation is 1. The number of ketones is 1. The van der Waals surface area contributed by atoms with Gasteiger partial charge in [-0.25, -0.2) is 0 Å². The van der Waals surface area contributed by atoms with Crippen LogP contribution in [-0.4, -0.2) is 12.3 Å². The molecule has 0 unspecified atom stereocenters. The molecule has 0 aromatic heterocycles. The van der Waals surface area contributed by atoms with Gasteiger partial charge in [-0.3, -0.25) is 4.79 Å². The van der Waals surface area contributed by atoms with E-state index >= 15 is 0 Å². The van der Waals surface area contributed by atoms with Gasteiger partial charge in [0.15, 0.2) is 5.78 Å². The van der Waals surface area contributed by atoms with Gasteiger partial charge in [-0.15, -0.1) is 0 Å². The maximum absolute atomic E-state index is 12.0. The van der Waals surface area contributed by atoms with Crippen LogP contribution in [0.1, 0.15) is 27.9 Å². The Balaban J connectivity index is 1.84. The van der Waals surface area contributed by atoms with Gasteiger partial charge < -0.3 is 5.32 Å². The van der Waals surface area contributed by atoms with Gasteiger partial charge in [0.25, 0.3) is 0 Å². The van der Waals surface area contributed by atoms with E-state index in [9.17, 15) is 4.79 Å². The summed E-state index contributed by atoms with van der Waals surface area (Å²) in [5, 5.41) is 11.9. The van der Waals surface area contributed by atoms with Gasteiger partial charge in [0, 0.05) is 24.2 Å². The third-order valence-electron chi connectivity index (χ3n) is 3.07. The molecular weight excluding hydrogens is 248 g/mol. The van der Waals surface area contributed by atoms with Crippen molar-refractivity contribution >= 4 is 11.5 Å². The molecule has 0 aliphatic rings. The molecule has 0 amide bonds. The summed E-state index contributed by atoms with van der Waals surface area (Å²) in [6, 6.07) is 16.9. The maximum atomic E-state index is 12.0. The zero-order chi connectivity index (χ0) is 14.4. The van der Waals surface area contributed by atoms with Crippen LogP contribution in [0.15, 0.2) is 48.5 Å². The number of rotatable bonds is 5. The van der Waals surface area contributed by atoms with E-state index in [1.54, 1.807) is 12.1 Å². The van der Waals surface area contributed by atoms with Crippen molar-refractivity contribution in [2.24, 2.45) is 0 Å². The molecule has 3 heteroatoms. The van der Waals surface area contributed by atoms with E-state index in [0.717, 1.165) is 16.8 Å². The van der Waals surface area contributed by atoms with Crippen molar-refractivity contribution in [3.8, 4) is 6.07 Å². The van der Waals surface area contributed by atoms with E-state index in [0.29, 0.717) is 18.5 Å². The van der Waals surface area contributed by atoms with E-state index in [1.165, 1.54) is 0 Å². The molecule has 0 atom stereocenters. The smallest absolute Gasteiger partial charge is 0.164 e. The summed E-state index contributed by atoms with van der Waals surface area (Å²) >= 11 is 0. The zero-order valence-corrected chi connectivity index (χ0v) is 11.4. The zero-order valence-electron chi connectivity index (χ0n) is 11.4. The first kappa shape index (κ1) is 13.8. The number of nitriles is 1. The second kappa shape index (κ2) is 6.53. The van der Waals surface area contributed by atoms with Crippen molar-refractivity contribution in [1.29, 1.82) is 5.26 Å². The van der Waals surface area contributed by atoms with Crippen LogP contribution in [-0.2, 0) is 0 Å². The molecule has 100 valence electrons. The van der Waals surface area contributed by atoms with Gasteiger partial charge in [-0.2, -0.15) is 5.26 Å². The summed E-state index contributed by atoms with van der Waals surface area (Å²) in [5.41, 5.74) is 3.45. The molecule has 2 aromatic carbocycles. The lowest BCUT2D eigenvalue weighted by atomic mass is 10.1. The van der Waals surface area contributed by atoms with Crippen molar-refractivity contribution in [3.05, 3.63) is 65.2 Å². The standard InChI is InChI=1S/C17H16N2O/c1-13-2-6-15(7-3-13)17(20)10-11-19-16-8-4-14(12-18)5-9-16/h2-9,19H,10-11H2,1H3. The first-order chi connectivity index (χ1) is 9.69. The Hall–Kier alpha value is -2.60. The van der Waals surface area contributed by atoms with Crippen LogP contribution < -0.4 is 5.32 Å². The highest BCUT2D eigenvalue weighted by Crippen LogP contribution is 2.10. The number of anilines is 1. The summed E-state index contributed by atoms with van der Waals surface area (Å²) in [6.45, 7) is 2.58. The normalized spacial score (nSPS) is 9.80. The summed E-state index contributed by atoms with van der Waals surface area (Å²) in [6.07, 6.45) is 0.447. The van der Waals surface area contributed by atoms with E-state index < -0.39 is 0 Å². The van der Waals surface area contributed by atoms with E-state index in [1.807, 2.05) is 43.3 Å². The Kier molecular flexibility index (Phi) is 4.52. The minimum absolute atomic E-state index is 0.131. The number of carbonyl (C=O) groups excluding carboxylic acids is 1. The fourth-order valence-electron chi connectivity index (χ4n) is 1.87. The Labute approximate surface area is 118 Å². The molecule has 0 radical (unpaired) electrons. The third kappa shape index (κ3) is 3.69. The lowest BCUT2D eigenvalue weighted by Gasteiger charge is -2.06.